The largest absolute Gasteiger partial charge is 0.449 e. The van der Waals surface area contributed by atoms with Crippen LogP contribution in [-0.2, 0) is 4.74 Å². The molecule has 5 heteroatoms. The number of amides is 1. The Labute approximate surface area is 168 Å². The molecule has 1 aliphatic rings. The van der Waals surface area contributed by atoms with Gasteiger partial charge < -0.3 is 15.2 Å². The van der Waals surface area contributed by atoms with Crippen LogP contribution in [0.5, 0.6) is 0 Å². The molecule has 3 aromatic rings. The molecule has 1 atom stereocenters. The van der Waals surface area contributed by atoms with Crippen molar-refractivity contribution in [1.29, 1.82) is 0 Å². The first-order chi connectivity index (χ1) is 13.6. The fraction of sp³-hybridized carbons (Fsp3) is 0.174. The van der Waals surface area contributed by atoms with Crippen molar-refractivity contribution in [1.82, 2.24) is 5.32 Å². The van der Waals surface area contributed by atoms with Gasteiger partial charge in [0.05, 0.1) is 12.6 Å². The Bertz CT molecular complexity index is 959. The van der Waals surface area contributed by atoms with Crippen molar-refractivity contribution in [3.63, 3.8) is 0 Å². The maximum absolute atomic E-state index is 12.2. The van der Waals surface area contributed by atoms with Crippen molar-refractivity contribution in [3.05, 3.63) is 94.5 Å². The van der Waals surface area contributed by atoms with Crippen molar-refractivity contribution in [2.45, 2.75) is 12.0 Å². The van der Waals surface area contributed by atoms with Crippen LogP contribution in [0, 0.1) is 0 Å². The van der Waals surface area contributed by atoms with Crippen LogP contribution < -0.4 is 5.32 Å². The van der Waals surface area contributed by atoms with E-state index in [4.69, 9.17) is 16.3 Å². The highest BCUT2D eigenvalue weighted by Crippen LogP contribution is 2.44. The summed E-state index contributed by atoms with van der Waals surface area (Å²) in [6.07, 6.45) is -1.40. The molecule has 0 aliphatic heterocycles. The Morgan fingerprint density at radius 2 is 1.64 bits per heavy atom. The number of halogens is 1. The van der Waals surface area contributed by atoms with Gasteiger partial charge in [-0.2, -0.15) is 0 Å². The number of aliphatic hydroxyl groups excluding tert-OH is 1. The molecule has 0 unspecified atom stereocenters. The second-order valence-electron chi connectivity index (χ2n) is 6.78. The van der Waals surface area contributed by atoms with Crippen molar-refractivity contribution in [3.8, 4) is 11.1 Å². The van der Waals surface area contributed by atoms with Gasteiger partial charge in [-0.05, 0) is 39.9 Å². The van der Waals surface area contributed by atoms with Gasteiger partial charge in [0, 0.05) is 10.9 Å². The van der Waals surface area contributed by atoms with Gasteiger partial charge in [0.2, 0.25) is 0 Å². The molecule has 0 saturated heterocycles. The van der Waals surface area contributed by atoms with Crippen molar-refractivity contribution in [2.75, 3.05) is 13.2 Å². The summed E-state index contributed by atoms with van der Waals surface area (Å²) in [7, 11) is 0. The van der Waals surface area contributed by atoms with Crippen molar-refractivity contribution < 1.29 is 14.6 Å². The Morgan fingerprint density at radius 3 is 2.29 bits per heavy atom. The number of fused-ring (bicyclic) bond motifs is 3. The van der Waals surface area contributed by atoms with Crippen LogP contribution >= 0.6 is 11.6 Å². The minimum absolute atomic E-state index is 0.0102. The molecule has 0 heterocycles. The molecule has 0 saturated carbocycles. The highest BCUT2D eigenvalue weighted by Gasteiger charge is 2.29. The van der Waals surface area contributed by atoms with Gasteiger partial charge in [-0.25, -0.2) is 4.79 Å². The second-order valence-corrected chi connectivity index (χ2v) is 7.21. The number of carbonyl (C=O) groups excluding carboxylic acids is 1. The lowest BCUT2D eigenvalue weighted by Gasteiger charge is -2.16. The molecule has 1 amide bonds. The lowest BCUT2D eigenvalue weighted by atomic mass is 9.98. The van der Waals surface area contributed by atoms with E-state index in [1.165, 1.54) is 11.1 Å². The van der Waals surface area contributed by atoms with Crippen LogP contribution in [0.25, 0.3) is 11.1 Å². The van der Waals surface area contributed by atoms with Crippen LogP contribution in [-0.4, -0.2) is 24.4 Å². The molecular formula is C23H20ClNO3. The van der Waals surface area contributed by atoms with E-state index >= 15 is 0 Å². The van der Waals surface area contributed by atoms with Crippen LogP contribution in [0.2, 0.25) is 5.02 Å². The molecule has 3 aromatic carbocycles. The van der Waals surface area contributed by atoms with Gasteiger partial charge in [0.25, 0.3) is 0 Å². The van der Waals surface area contributed by atoms with E-state index in [1.54, 1.807) is 24.3 Å². The minimum atomic E-state index is -0.848. The summed E-state index contributed by atoms with van der Waals surface area (Å²) >= 11 is 5.93. The van der Waals surface area contributed by atoms with Crippen LogP contribution in [0.15, 0.2) is 72.8 Å². The van der Waals surface area contributed by atoms with Gasteiger partial charge in [-0.1, -0.05) is 72.3 Å². The number of nitrogens with one attached hydrogen (secondary N) is 1. The topological polar surface area (TPSA) is 58.6 Å². The van der Waals surface area contributed by atoms with Gasteiger partial charge >= 0.3 is 6.09 Å². The maximum atomic E-state index is 12.2. The molecule has 0 fully saturated rings. The van der Waals surface area contributed by atoms with Crippen LogP contribution in [0.4, 0.5) is 4.79 Å². The van der Waals surface area contributed by atoms with E-state index in [0.717, 1.165) is 11.1 Å². The zero-order valence-electron chi connectivity index (χ0n) is 15.1. The van der Waals surface area contributed by atoms with E-state index in [9.17, 15) is 9.90 Å². The molecule has 0 bridgehead atoms. The Kier molecular flexibility index (Phi) is 5.33. The Balaban J connectivity index is 1.37. The summed E-state index contributed by atoms with van der Waals surface area (Å²) in [5, 5.41) is 13.4. The Morgan fingerprint density at radius 1 is 1.00 bits per heavy atom. The predicted octanol–water partition coefficient (Wildman–Crippen LogP) is 4.91. The average molecular weight is 394 g/mol. The number of rotatable bonds is 5. The zero-order valence-corrected chi connectivity index (χ0v) is 15.9. The van der Waals surface area contributed by atoms with E-state index in [-0.39, 0.29) is 19.1 Å². The van der Waals surface area contributed by atoms with E-state index in [2.05, 4.69) is 29.6 Å². The number of aliphatic hydroxyl groups is 1. The molecular weight excluding hydrogens is 374 g/mol. The van der Waals surface area contributed by atoms with Crippen LogP contribution in [0.3, 0.4) is 0 Å². The third-order valence-corrected chi connectivity index (χ3v) is 5.25. The minimum Gasteiger partial charge on any atom is -0.449 e. The highest BCUT2D eigenvalue weighted by molar-refractivity contribution is 6.30. The van der Waals surface area contributed by atoms with E-state index in [0.29, 0.717) is 10.6 Å². The van der Waals surface area contributed by atoms with Gasteiger partial charge in [0.15, 0.2) is 0 Å². The van der Waals surface area contributed by atoms with Gasteiger partial charge in [-0.3, -0.25) is 0 Å². The molecule has 0 aromatic heterocycles. The molecule has 4 rings (SSSR count). The molecule has 0 spiro atoms. The molecule has 4 nitrogen and oxygen atoms in total. The first-order valence-electron chi connectivity index (χ1n) is 9.16. The number of hydrogen-bond donors (Lipinski definition) is 2. The number of alkyl carbamates (subject to hydrolysis) is 1. The van der Waals surface area contributed by atoms with Crippen molar-refractivity contribution in [2.24, 2.45) is 0 Å². The quantitative estimate of drug-likeness (QED) is 0.647. The fourth-order valence-electron chi connectivity index (χ4n) is 3.66. The second kappa shape index (κ2) is 8.05. The third kappa shape index (κ3) is 3.75. The predicted molar refractivity (Wildman–Crippen MR) is 109 cm³/mol. The monoisotopic (exact) mass is 393 g/mol. The number of benzene rings is 3. The summed E-state index contributed by atoms with van der Waals surface area (Å²) in [5.74, 6) is 0.0102. The summed E-state index contributed by atoms with van der Waals surface area (Å²) in [4.78, 5) is 12.2. The van der Waals surface area contributed by atoms with Crippen molar-refractivity contribution >= 4 is 17.7 Å². The summed E-state index contributed by atoms with van der Waals surface area (Å²) < 4.78 is 5.46. The van der Waals surface area contributed by atoms with Gasteiger partial charge in [-0.15, -0.1) is 0 Å². The number of hydrogen-bond acceptors (Lipinski definition) is 3. The summed E-state index contributed by atoms with van der Waals surface area (Å²) in [6, 6.07) is 23.3. The third-order valence-electron chi connectivity index (χ3n) is 5.02. The number of carbonyl (C=O) groups is 1. The molecule has 2 N–H and O–H groups in total. The maximum Gasteiger partial charge on any atom is 0.407 e. The molecule has 0 radical (unpaired) electrons. The first kappa shape index (κ1) is 18.5. The first-order valence-corrected chi connectivity index (χ1v) is 9.53. The van der Waals surface area contributed by atoms with Gasteiger partial charge in [0.1, 0.15) is 6.61 Å². The lowest BCUT2D eigenvalue weighted by molar-refractivity contribution is 0.128. The fourth-order valence-corrected chi connectivity index (χ4v) is 3.86. The molecule has 1 aliphatic carbocycles. The molecule has 142 valence electrons. The average Bonchev–Trinajstić information content (AvgIpc) is 3.04. The number of ether oxygens (including phenoxy) is 1. The summed E-state index contributed by atoms with van der Waals surface area (Å²) in [5.41, 5.74) is 5.34. The smallest absolute Gasteiger partial charge is 0.407 e. The van der Waals surface area contributed by atoms with Crippen LogP contribution in [0.1, 0.15) is 28.7 Å². The lowest BCUT2D eigenvalue weighted by Crippen LogP contribution is -2.30. The SMILES string of the molecule is O=C(NC[C@@H](O)c1cccc(Cl)c1)OCC1c2ccccc2-c2ccccc21. The normalized spacial score (nSPS) is 13.5. The zero-order chi connectivity index (χ0) is 19.5. The standard InChI is InChI=1S/C23H20ClNO3/c24-16-7-5-6-15(12-16)22(26)13-25-23(27)28-14-21-19-10-3-1-8-17(19)18-9-2-4-11-20(18)21/h1-12,21-22,26H,13-14H2,(H,25,27)/t22-/m1/s1. The van der Waals surface area contributed by atoms with E-state index < -0.39 is 12.2 Å². The van der Waals surface area contributed by atoms with E-state index in [1.807, 2.05) is 24.3 Å². The molecule has 28 heavy (non-hydrogen) atoms. The highest BCUT2D eigenvalue weighted by atomic mass is 35.5. The summed E-state index contributed by atoms with van der Waals surface area (Å²) in [6.45, 7) is 0.296. The Hall–Kier alpha value is -2.82.